The van der Waals surface area contributed by atoms with E-state index in [1.807, 2.05) is 0 Å². The number of amides is 1. The van der Waals surface area contributed by atoms with Crippen LogP contribution in [0.5, 0.6) is 0 Å². The number of nitrogens with two attached hydrogens (primary N) is 1. The maximum atomic E-state index is 11.9. The topological polar surface area (TPSA) is 118 Å². The third kappa shape index (κ3) is 4.26. The zero-order valence-corrected chi connectivity index (χ0v) is 11.0. The molecule has 0 spiro atoms. The first-order chi connectivity index (χ1) is 8.21. The van der Waals surface area contributed by atoms with Crippen molar-refractivity contribution in [2.75, 3.05) is 18.1 Å². The number of nitrogens with zero attached hydrogens (tertiary/aromatic N) is 1. The largest absolute Gasteiger partial charge is 0.480 e. The second-order valence-corrected chi connectivity index (χ2v) is 6.88. The number of sulfone groups is 1. The van der Waals surface area contributed by atoms with Gasteiger partial charge in [-0.05, 0) is 13.3 Å². The van der Waals surface area contributed by atoms with Crippen LogP contribution in [0.3, 0.4) is 0 Å². The van der Waals surface area contributed by atoms with Crippen LogP contribution in [0.25, 0.3) is 0 Å². The molecule has 0 aliphatic carbocycles. The lowest BCUT2D eigenvalue weighted by Crippen LogP contribution is -2.45. The highest BCUT2D eigenvalue weighted by Crippen LogP contribution is 2.18. The van der Waals surface area contributed by atoms with Crippen LogP contribution in [0.15, 0.2) is 0 Å². The zero-order chi connectivity index (χ0) is 13.9. The summed E-state index contributed by atoms with van der Waals surface area (Å²) in [6, 6.07) is -0.927. The molecule has 1 amide bonds. The highest BCUT2D eigenvalue weighted by molar-refractivity contribution is 7.91. The Labute approximate surface area is 106 Å². The molecule has 0 radical (unpaired) electrons. The van der Waals surface area contributed by atoms with E-state index in [1.54, 1.807) is 6.92 Å². The van der Waals surface area contributed by atoms with Crippen LogP contribution >= 0.6 is 0 Å². The zero-order valence-electron chi connectivity index (χ0n) is 10.2. The van der Waals surface area contributed by atoms with Crippen molar-refractivity contribution in [3.05, 3.63) is 0 Å². The molecular weight excluding hydrogens is 260 g/mol. The van der Waals surface area contributed by atoms with Gasteiger partial charge in [-0.15, -0.1) is 0 Å². The second-order valence-electron chi connectivity index (χ2n) is 4.65. The normalized spacial score (nSPS) is 23.6. The fourth-order valence-electron chi connectivity index (χ4n) is 1.98. The van der Waals surface area contributed by atoms with Gasteiger partial charge < -0.3 is 15.7 Å². The standard InChI is InChI=1S/C10H18N2O5S/c1-7(11)4-9(13)12(5-10(14)15)8-2-3-18(16,17)6-8/h7-8H,2-6,11H2,1H3,(H,14,15). The molecule has 0 bridgehead atoms. The van der Waals surface area contributed by atoms with Crippen molar-refractivity contribution >= 4 is 21.7 Å². The fourth-order valence-corrected chi connectivity index (χ4v) is 3.71. The molecule has 2 unspecified atom stereocenters. The van der Waals surface area contributed by atoms with Crippen molar-refractivity contribution in [1.29, 1.82) is 0 Å². The van der Waals surface area contributed by atoms with Crippen molar-refractivity contribution < 1.29 is 23.1 Å². The first-order valence-electron chi connectivity index (χ1n) is 5.68. The molecule has 1 fully saturated rings. The Bertz CT molecular complexity index is 432. The Morgan fingerprint density at radius 3 is 2.50 bits per heavy atom. The van der Waals surface area contributed by atoms with Crippen LogP contribution in [-0.2, 0) is 19.4 Å². The van der Waals surface area contributed by atoms with Crippen LogP contribution < -0.4 is 5.73 Å². The van der Waals surface area contributed by atoms with Crippen LogP contribution in [0.2, 0.25) is 0 Å². The van der Waals surface area contributed by atoms with E-state index >= 15 is 0 Å². The Morgan fingerprint density at radius 1 is 1.50 bits per heavy atom. The van der Waals surface area contributed by atoms with Crippen LogP contribution in [0.1, 0.15) is 19.8 Å². The SMILES string of the molecule is CC(N)CC(=O)N(CC(=O)O)C1CCS(=O)(=O)C1. The second kappa shape index (κ2) is 5.66. The molecule has 1 aliphatic rings. The molecule has 0 aromatic heterocycles. The molecule has 104 valence electrons. The summed E-state index contributed by atoms with van der Waals surface area (Å²) in [5.41, 5.74) is 5.50. The Kier molecular flexibility index (Phi) is 4.69. The monoisotopic (exact) mass is 278 g/mol. The third-order valence-corrected chi connectivity index (χ3v) is 4.52. The quantitative estimate of drug-likeness (QED) is 0.654. The minimum absolute atomic E-state index is 0.000750. The molecule has 0 saturated carbocycles. The van der Waals surface area contributed by atoms with Crippen LogP contribution in [0, 0.1) is 0 Å². The average Bonchev–Trinajstić information content (AvgIpc) is 2.53. The van der Waals surface area contributed by atoms with Crippen LogP contribution in [-0.4, -0.2) is 60.4 Å². The van der Waals surface area contributed by atoms with E-state index < -0.39 is 34.3 Å². The highest BCUT2D eigenvalue weighted by Gasteiger charge is 2.35. The summed E-state index contributed by atoms with van der Waals surface area (Å²) >= 11 is 0. The first-order valence-corrected chi connectivity index (χ1v) is 7.50. The molecule has 0 aromatic carbocycles. The predicted octanol–water partition coefficient (Wildman–Crippen LogP) is -1.18. The van der Waals surface area contributed by atoms with E-state index in [0.717, 1.165) is 4.90 Å². The van der Waals surface area contributed by atoms with E-state index in [4.69, 9.17) is 10.8 Å². The molecule has 2 atom stereocenters. The summed E-state index contributed by atoms with van der Waals surface area (Å²) in [7, 11) is -3.16. The summed E-state index contributed by atoms with van der Waals surface area (Å²) in [5.74, 6) is -1.73. The van der Waals surface area contributed by atoms with Crippen molar-refractivity contribution in [3.8, 4) is 0 Å². The van der Waals surface area contributed by atoms with E-state index in [2.05, 4.69) is 0 Å². The Morgan fingerprint density at radius 2 is 2.11 bits per heavy atom. The summed E-state index contributed by atoms with van der Waals surface area (Å²) in [6.07, 6.45) is 0.310. The van der Waals surface area contributed by atoms with Gasteiger partial charge in [0.15, 0.2) is 9.84 Å². The van der Waals surface area contributed by atoms with E-state index in [9.17, 15) is 18.0 Å². The third-order valence-electron chi connectivity index (χ3n) is 2.77. The first kappa shape index (κ1) is 14.9. The number of aliphatic carboxylic acids is 1. The summed E-state index contributed by atoms with van der Waals surface area (Å²) in [6.45, 7) is 1.16. The van der Waals surface area contributed by atoms with Gasteiger partial charge in [0.25, 0.3) is 0 Å². The molecule has 1 heterocycles. The van der Waals surface area contributed by atoms with Crippen molar-refractivity contribution in [3.63, 3.8) is 0 Å². The van der Waals surface area contributed by atoms with Crippen molar-refractivity contribution in [2.45, 2.75) is 31.8 Å². The van der Waals surface area contributed by atoms with Gasteiger partial charge in [-0.1, -0.05) is 0 Å². The molecule has 1 aliphatic heterocycles. The highest BCUT2D eigenvalue weighted by atomic mass is 32.2. The van der Waals surface area contributed by atoms with Gasteiger partial charge in [-0.3, -0.25) is 9.59 Å². The lowest BCUT2D eigenvalue weighted by molar-refractivity contribution is -0.146. The smallest absolute Gasteiger partial charge is 0.323 e. The van der Waals surface area contributed by atoms with Crippen molar-refractivity contribution in [2.24, 2.45) is 5.73 Å². The molecule has 1 rings (SSSR count). The molecule has 18 heavy (non-hydrogen) atoms. The van der Waals surface area contributed by atoms with E-state index in [1.165, 1.54) is 0 Å². The Hall–Kier alpha value is -1.15. The van der Waals surface area contributed by atoms with Gasteiger partial charge >= 0.3 is 5.97 Å². The van der Waals surface area contributed by atoms with Gasteiger partial charge in [0, 0.05) is 18.5 Å². The molecule has 1 saturated heterocycles. The fraction of sp³-hybridized carbons (Fsp3) is 0.800. The van der Waals surface area contributed by atoms with Crippen LogP contribution in [0.4, 0.5) is 0 Å². The van der Waals surface area contributed by atoms with Gasteiger partial charge in [0.1, 0.15) is 6.54 Å². The molecular formula is C10H18N2O5S. The minimum atomic E-state index is -3.16. The van der Waals surface area contributed by atoms with Crippen molar-refractivity contribution in [1.82, 2.24) is 4.90 Å². The molecule has 0 aromatic rings. The number of rotatable bonds is 5. The number of carbonyl (C=O) groups is 2. The summed E-state index contributed by atoms with van der Waals surface area (Å²) in [5, 5.41) is 8.78. The number of hydrogen-bond donors (Lipinski definition) is 2. The number of hydrogen-bond acceptors (Lipinski definition) is 5. The summed E-state index contributed by atoms with van der Waals surface area (Å²) < 4.78 is 22.7. The molecule has 7 nitrogen and oxygen atoms in total. The minimum Gasteiger partial charge on any atom is -0.480 e. The van der Waals surface area contributed by atoms with Gasteiger partial charge in [-0.2, -0.15) is 0 Å². The lowest BCUT2D eigenvalue weighted by atomic mass is 10.1. The molecule has 3 N–H and O–H groups in total. The van der Waals surface area contributed by atoms with E-state index in [-0.39, 0.29) is 24.0 Å². The molecule has 8 heteroatoms. The Balaban J connectivity index is 2.79. The van der Waals surface area contributed by atoms with Gasteiger partial charge in [0.2, 0.25) is 5.91 Å². The number of carboxylic acids is 1. The van der Waals surface area contributed by atoms with E-state index in [0.29, 0.717) is 6.42 Å². The number of carbonyl (C=O) groups excluding carboxylic acids is 1. The maximum Gasteiger partial charge on any atom is 0.323 e. The number of carboxylic acid groups (broad SMARTS) is 1. The predicted molar refractivity (Wildman–Crippen MR) is 64.7 cm³/mol. The summed E-state index contributed by atoms with van der Waals surface area (Å²) in [4.78, 5) is 23.7. The van der Waals surface area contributed by atoms with Gasteiger partial charge in [0.05, 0.1) is 11.5 Å². The average molecular weight is 278 g/mol. The van der Waals surface area contributed by atoms with Gasteiger partial charge in [-0.25, -0.2) is 8.42 Å². The maximum absolute atomic E-state index is 11.9. The lowest BCUT2D eigenvalue weighted by Gasteiger charge is -2.27.